The lowest BCUT2D eigenvalue weighted by molar-refractivity contribution is 0.392. The van der Waals surface area contributed by atoms with Crippen LogP contribution >= 0.6 is 34.4 Å². The van der Waals surface area contributed by atoms with Gasteiger partial charge in [0, 0.05) is 11.3 Å². The fourth-order valence-electron chi connectivity index (χ4n) is 2.46. The van der Waals surface area contributed by atoms with Crippen LogP contribution in [0.3, 0.4) is 0 Å². The second-order valence-electron chi connectivity index (χ2n) is 5.31. The highest BCUT2D eigenvalue weighted by atomic mass is 32.2. The van der Waals surface area contributed by atoms with Crippen molar-refractivity contribution in [3.63, 3.8) is 0 Å². The van der Waals surface area contributed by atoms with E-state index in [1.54, 1.807) is 34.4 Å². The largest absolute Gasteiger partial charge is 0.361 e. The van der Waals surface area contributed by atoms with Crippen molar-refractivity contribution in [3.05, 3.63) is 52.0 Å². The van der Waals surface area contributed by atoms with Gasteiger partial charge in [-0.25, -0.2) is 4.98 Å². The molecule has 0 saturated heterocycles. The van der Waals surface area contributed by atoms with Crippen LogP contribution in [0.4, 0.5) is 0 Å². The number of hydrogen-bond acceptors (Lipinski definition) is 6. The first-order valence-electron chi connectivity index (χ1n) is 7.44. The highest BCUT2D eigenvalue weighted by molar-refractivity contribution is 7.98. The Labute approximate surface area is 151 Å². The zero-order valence-electron chi connectivity index (χ0n) is 13.2. The Morgan fingerprint density at radius 1 is 1.12 bits per heavy atom. The van der Waals surface area contributed by atoms with Crippen LogP contribution in [0.2, 0.25) is 0 Å². The van der Waals surface area contributed by atoms with Crippen molar-refractivity contribution in [1.29, 1.82) is 0 Å². The van der Waals surface area contributed by atoms with Gasteiger partial charge in [0.15, 0.2) is 5.16 Å². The molecule has 24 heavy (non-hydrogen) atoms. The SMILES string of the molecule is Cc1noc(C)c1CSc1nc(-c2cccs2)c(-c2cccs2)[nH]1. The van der Waals surface area contributed by atoms with Gasteiger partial charge in [0.1, 0.15) is 11.5 Å². The van der Waals surface area contributed by atoms with Crippen molar-refractivity contribution in [2.45, 2.75) is 24.8 Å². The van der Waals surface area contributed by atoms with Gasteiger partial charge in [-0.2, -0.15) is 0 Å². The second kappa shape index (κ2) is 6.58. The van der Waals surface area contributed by atoms with Gasteiger partial charge in [-0.1, -0.05) is 29.1 Å². The van der Waals surface area contributed by atoms with E-state index in [1.807, 2.05) is 13.8 Å². The molecular formula is C17H15N3OS3. The van der Waals surface area contributed by atoms with Crippen molar-refractivity contribution in [2.24, 2.45) is 0 Å². The quantitative estimate of drug-likeness (QED) is 0.452. The number of aromatic amines is 1. The molecule has 7 heteroatoms. The third kappa shape index (κ3) is 2.94. The minimum atomic E-state index is 0.794. The van der Waals surface area contributed by atoms with Crippen LogP contribution in [0.5, 0.6) is 0 Å². The van der Waals surface area contributed by atoms with Gasteiger partial charge < -0.3 is 9.51 Å². The van der Waals surface area contributed by atoms with Crippen LogP contribution in [0.25, 0.3) is 21.1 Å². The second-order valence-corrected chi connectivity index (χ2v) is 8.17. The van der Waals surface area contributed by atoms with E-state index >= 15 is 0 Å². The van der Waals surface area contributed by atoms with Crippen molar-refractivity contribution in [1.82, 2.24) is 15.1 Å². The summed E-state index contributed by atoms with van der Waals surface area (Å²) in [6.07, 6.45) is 0. The van der Waals surface area contributed by atoms with Gasteiger partial charge in [-0.3, -0.25) is 0 Å². The first-order valence-corrected chi connectivity index (χ1v) is 10.2. The predicted molar refractivity (Wildman–Crippen MR) is 101 cm³/mol. The molecule has 0 amide bonds. The molecule has 0 radical (unpaired) electrons. The van der Waals surface area contributed by atoms with Gasteiger partial charge in [0.25, 0.3) is 0 Å². The van der Waals surface area contributed by atoms with Gasteiger partial charge in [-0.05, 0) is 36.7 Å². The lowest BCUT2D eigenvalue weighted by Gasteiger charge is -1.97. The van der Waals surface area contributed by atoms with E-state index in [-0.39, 0.29) is 0 Å². The molecule has 4 heterocycles. The lowest BCUT2D eigenvalue weighted by Crippen LogP contribution is -1.86. The van der Waals surface area contributed by atoms with Gasteiger partial charge in [0.05, 0.1) is 21.1 Å². The Balaban J connectivity index is 1.66. The number of H-pyrrole nitrogens is 1. The predicted octanol–water partition coefficient (Wildman–Crippen LogP) is 5.76. The molecular weight excluding hydrogens is 358 g/mol. The van der Waals surface area contributed by atoms with E-state index in [0.29, 0.717) is 0 Å². The molecule has 0 aromatic carbocycles. The van der Waals surface area contributed by atoms with Gasteiger partial charge in [-0.15, -0.1) is 22.7 Å². The van der Waals surface area contributed by atoms with Crippen molar-refractivity contribution in [3.8, 4) is 21.1 Å². The molecule has 0 fully saturated rings. The summed E-state index contributed by atoms with van der Waals surface area (Å²) in [4.78, 5) is 10.7. The third-order valence-electron chi connectivity index (χ3n) is 3.74. The number of thiophene rings is 2. The number of thioether (sulfide) groups is 1. The number of imidazole rings is 1. The van der Waals surface area contributed by atoms with Crippen LogP contribution in [0, 0.1) is 13.8 Å². The molecule has 0 aliphatic heterocycles. The molecule has 0 spiro atoms. The van der Waals surface area contributed by atoms with E-state index in [9.17, 15) is 0 Å². The van der Waals surface area contributed by atoms with E-state index in [0.717, 1.165) is 39.3 Å². The molecule has 0 bridgehead atoms. The minimum Gasteiger partial charge on any atom is -0.361 e. The molecule has 0 saturated carbocycles. The topological polar surface area (TPSA) is 54.7 Å². The van der Waals surface area contributed by atoms with E-state index < -0.39 is 0 Å². The van der Waals surface area contributed by atoms with Gasteiger partial charge in [0.2, 0.25) is 0 Å². The maximum Gasteiger partial charge on any atom is 0.166 e. The smallest absolute Gasteiger partial charge is 0.166 e. The van der Waals surface area contributed by atoms with E-state index in [2.05, 4.69) is 45.2 Å². The zero-order valence-corrected chi connectivity index (χ0v) is 15.6. The first kappa shape index (κ1) is 15.7. The Hall–Kier alpha value is -1.83. The summed E-state index contributed by atoms with van der Waals surface area (Å²) >= 11 is 5.11. The first-order chi connectivity index (χ1) is 11.7. The average Bonchev–Trinajstić information content (AvgIpc) is 3.34. The van der Waals surface area contributed by atoms with Gasteiger partial charge >= 0.3 is 0 Å². The molecule has 1 N–H and O–H groups in total. The van der Waals surface area contributed by atoms with Crippen LogP contribution in [0.1, 0.15) is 17.0 Å². The molecule has 0 unspecified atom stereocenters. The maximum absolute atomic E-state index is 5.24. The third-order valence-corrected chi connectivity index (χ3v) is 6.40. The van der Waals surface area contributed by atoms with E-state index in [1.165, 1.54) is 9.75 Å². The summed E-state index contributed by atoms with van der Waals surface area (Å²) in [6, 6.07) is 8.36. The van der Waals surface area contributed by atoms with Crippen LogP contribution in [-0.2, 0) is 5.75 Å². The Bertz CT molecular complexity index is 865. The summed E-state index contributed by atoms with van der Waals surface area (Å²) in [7, 11) is 0. The number of nitrogens with one attached hydrogen (secondary N) is 1. The fourth-order valence-corrected chi connectivity index (χ4v) is 4.93. The average molecular weight is 374 g/mol. The minimum absolute atomic E-state index is 0.794. The van der Waals surface area contributed by atoms with Crippen LogP contribution in [-0.4, -0.2) is 15.1 Å². The van der Waals surface area contributed by atoms with Crippen molar-refractivity contribution < 1.29 is 4.52 Å². The summed E-state index contributed by atoms with van der Waals surface area (Å²) in [6.45, 7) is 3.93. The summed E-state index contributed by atoms with van der Waals surface area (Å²) in [5.41, 5.74) is 4.21. The number of nitrogens with zero attached hydrogens (tertiary/aromatic N) is 2. The number of aryl methyl sites for hydroxylation is 2. The van der Waals surface area contributed by atoms with E-state index in [4.69, 9.17) is 9.51 Å². The highest BCUT2D eigenvalue weighted by Crippen LogP contribution is 2.37. The normalized spacial score (nSPS) is 11.2. The molecule has 4 aromatic rings. The van der Waals surface area contributed by atoms with Crippen LogP contribution < -0.4 is 0 Å². The Morgan fingerprint density at radius 2 is 1.88 bits per heavy atom. The summed E-state index contributed by atoms with van der Waals surface area (Å²) in [5.74, 6) is 1.67. The Kier molecular flexibility index (Phi) is 4.30. The number of rotatable bonds is 5. The molecule has 122 valence electrons. The molecule has 0 aliphatic rings. The maximum atomic E-state index is 5.24. The standard InChI is InChI=1S/C17H15N3OS3/c1-10-12(11(2)21-20-10)9-24-17-18-15(13-5-3-7-22-13)16(19-17)14-6-4-8-23-14/h3-8H,9H2,1-2H3,(H,18,19). The molecule has 0 atom stereocenters. The molecule has 4 aromatic heterocycles. The molecule has 4 rings (SSSR count). The summed E-state index contributed by atoms with van der Waals surface area (Å²) in [5, 5.41) is 9.11. The van der Waals surface area contributed by atoms with Crippen molar-refractivity contribution >= 4 is 34.4 Å². The molecule has 0 aliphatic carbocycles. The number of hydrogen-bond donors (Lipinski definition) is 1. The monoisotopic (exact) mass is 373 g/mol. The van der Waals surface area contributed by atoms with Crippen LogP contribution in [0.15, 0.2) is 44.7 Å². The zero-order chi connectivity index (χ0) is 16.5. The fraction of sp³-hybridized carbons (Fsp3) is 0.176. The summed E-state index contributed by atoms with van der Waals surface area (Å²) < 4.78 is 5.24. The highest BCUT2D eigenvalue weighted by Gasteiger charge is 2.17. The number of aromatic nitrogens is 3. The lowest BCUT2D eigenvalue weighted by atomic mass is 10.2. The van der Waals surface area contributed by atoms with Crippen molar-refractivity contribution in [2.75, 3.05) is 0 Å². The Morgan fingerprint density at radius 3 is 2.50 bits per heavy atom. The molecule has 4 nitrogen and oxygen atoms in total.